The van der Waals surface area contributed by atoms with Crippen molar-refractivity contribution >= 4 is 17.8 Å². The summed E-state index contributed by atoms with van der Waals surface area (Å²) in [5.41, 5.74) is -0.105. The molecule has 3 heterocycles. The fraction of sp³-hybridized carbons (Fsp3) is 0.381. The Kier molecular flexibility index (Phi) is 5.10. The third-order valence-electron chi connectivity index (χ3n) is 5.59. The van der Waals surface area contributed by atoms with Crippen LogP contribution in [0.3, 0.4) is 0 Å². The van der Waals surface area contributed by atoms with Crippen molar-refractivity contribution in [3.63, 3.8) is 0 Å². The molecule has 2 fully saturated rings. The maximum absolute atomic E-state index is 13.0. The molecule has 0 saturated carbocycles. The van der Waals surface area contributed by atoms with Crippen molar-refractivity contribution in [3.05, 3.63) is 60.1 Å². The molecule has 2 aliphatic heterocycles. The predicted octanol–water partition coefficient (Wildman–Crippen LogP) is 1.77. The van der Waals surface area contributed by atoms with Gasteiger partial charge in [-0.15, -0.1) is 0 Å². The molecule has 152 valence electrons. The minimum absolute atomic E-state index is 0.00254. The molecule has 0 bridgehead atoms. The van der Waals surface area contributed by atoms with Crippen LogP contribution in [0.4, 0.5) is 0 Å². The van der Waals surface area contributed by atoms with E-state index in [1.807, 2.05) is 30.3 Å². The Hall–Kier alpha value is -3.13. The average Bonchev–Trinajstić information content (AvgIpc) is 3.38. The number of carbonyl (C=O) groups excluding carboxylic acids is 2. The summed E-state index contributed by atoms with van der Waals surface area (Å²) < 4.78 is 11.1. The smallest absolute Gasteiger partial charge is 0.328 e. The normalized spacial score (nSPS) is 20.8. The molecule has 8 heteroatoms. The number of nitrogens with zero attached hydrogens (tertiary/aromatic N) is 2. The molecule has 2 saturated heterocycles. The Balaban J connectivity index is 1.48. The van der Waals surface area contributed by atoms with Gasteiger partial charge in [-0.25, -0.2) is 4.79 Å². The van der Waals surface area contributed by atoms with Crippen molar-refractivity contribution < 1.29 is 28.6 Å². The topological polar surface area (TPSA) is 100 Å². The van der Waals surface area contributed by atoms with E-state index >= 15 is 0 Å². The largest absolute Gasteiger partial charge is 0.480 e. The van der Waals surface area contributed by atoms with Gasteiger partial charge in [0.25, 0.3) is 5.91 Å². The van der Waals surface area contributed by atoms with Gasteiger partial charge in [0.15, 0.2) is 11.8 Å². The molecule has 0 radical (unpaired) electrons. The van der Waals surface area contributed by atoms with E-state index in [4.69, 9.17) is 9.15 Å². The minimum Gasteiger partial charge on any atom is -0.480 e. The molecular weight excluding hydrogens is 376 g/mol. The summed E-state index contributed by atoms with van der Waals surface area (Å²) in [6.45, 7) is 0.694. The summed E-state index contributed by atoms with van der Waals surface area (Å²) in [6, 6.07) is 11.5. The van der Waals surface area contributed by atoms with Crippen LogP contribution in [0.1, 0.15) is 29.0 Å². The van der Waals surface area contributed by atoms with E-state index in [0.717, 1.165) is 5.56 Å². The zero-order valence-electron chi connectivity index (χ0n) is 15.8. The Morgan fingerprint density at radius 3 is 2.41 bits per heavy atom. The van der Waals surface area contributed by atoms with E-state index in [2.05, 4.69) is 0 Å². The molecule has 0 aliphatic carbocycles. The van der Waals surface area contributed by atoms with E-state index < -0.39 is 23.6 Å². The number of carboxylic acids is 1. The van der Waals surface area contributed by atoms with Crippen LogP contribution >= 0.6 is 0 Å². The van der Waals surface area contributed by atoms with E-state index in [-0.39, 0.29) is 18.3 Å². The second-order valence-corrected chi connectivity index (χ2v) is 7.31. The molecular formula is C21H22N2O6. The number of rotatable bonds is 4. The molecule has 1 atom stereocenters. The second-order valence-electron chi connectivity index (χ2n) is 7.31. The lowest BCUT2D eigenvalue weighted by atomic mass is 9.96. The van der Waals surface area contributed by atoms with Crippen molar-refractivity contribution in [1.29, 1.82) is 0 Å². The molecule has 2 aromatic rings. The summed E-state index contributed by atoms with van der Waals surface area (Å²) >= 11 is 0. The van der Waals surface area contributed by atoms with Crippen molar-refractivity contribution in [2.75, 3.05) is 19.7 Å². The summed E-state index contributed by atoms with van der Waals surface area (Å²) in [7, 11) is 0. The van der Waals surface area contributed by atoms with Gasteiger partial charge in [0.2, 0.25) is 5.91 Å². The highest BCUT2D eigenvalue weighted by Crippen LogP contribution is 2.38. The zero-order chi connectivity index (χ0) is 20.4. The number of hydrogen-bond donors (Lipinski definition) is 1. The van der Waals surface area contributed by atoms with Gasteiger partial charge in [-0.1, -0.05) is 30.3 Å². The predicted molar refractivity (Wildman–Crippen MR) is 101 cm³/mol. The number of aliphatic carboxylic acids is 1. The molecule has 1 aromatic carbocycles. The van der Waals surface area contributed by atoms with Gasteiger partial charge < -0.3 is 19.2 Å². The SMILES string of the molecule is O=C(O)[C@@H]1COC2(CCN(C(=O)Cc3ccccc3)CC2)N1C(=O)c1ccco1. The first-order valence-electron chi connectivity index (χ1n) is 9.56. The number of carbonyl (C=O) groups is 3. The molecule has 1 N–H and O–H groups in total. The zero-order valence-corrected chi connectivity index (χ0v) is 15.8. The molecule has 8 nitrogen and oxygen atoms in total. The number of piperidine rings is 1. The highest BCUT2D eigenvalue weighted by atomic mass is 16.5. The second kappa shape index (κ2) is 7.71. The fourth-order valence-corrected chi connectivity index (χ4v) is 4.06. The lowest BCUT2D eigenvalue weighted by Crippen LogP contribution is -2.58. The van der Waals surface area contributed by atoms with Crippen LogP contribution < -0.4 is 0 Å². The molecule has 0 unspecified atom stereocenters. The first kappa shape index (κ1) is 19.2. The molecule has 2 amide bonds. The van der Waals surface area contributed by atoms with E-state index in [9.17, 15) is 19.5 Å². The number of furan rings is 1. The summed E-state index contributed by atoms with van der Waals surface area (Å²) in [5.74, 6) is -1.56. The molecule has 29 heavy (non-hydrogen) atoms. The van der Waals surface area contributed by atoms with Gasteiger partial charge in [-0.3, -0.25) is 14.5 Å². The monoisotopic (exact) mass is 398 g/mol. The third-order valence-corrected chi connectivity index (χ3v) is 5.59. The highest BCUT2D eigenvalue weighted by Gasteiger charge is 2.54. The minimum atomic E-state index is -1.12. The Labute approximate surface area is 167 Å². The van der Waals surface area contributed by atoms with Gasteiger partial charge in [0, 0.05) is 25.9 Å². The van der Waals surface area contributed by atoms with E-state index in [0.29, 0.717) is 32.4 Å². The number of ether oxygens (including phenoxy) is 1. The fourth-order valence-electron chi connectivity index (χ4n) is 4.06. The highest BCUT2D eigenvalue weighted by molar-refractivity contribution is 5.95. The molecule has 4 rings (SSSR count). The van der Waals surface area contributed by atoms with Crippen LogP contribution in [0, 0.1) is 0 Å². The first-order valence-corrected chi connectivity index (χ1v) is 9.56. The van der Waals surface area contributed by atoms with Gasteiger partial charge in [0.05, 0.1) is 19.3 Å². The van der Waals surface area contributed by atoms with Gasteiger partial charge in [-0.2, -0.15) is 0 Å². The number of hydrogen-bond acceptors (Lipinski definition) is 5. The number of carboxylic acid groups (broad SMARTS) is 1. The maximum atomic E-state index is 13.0. The van der Waals surface area contributed by atoms with Crippen molar-refractivity contribution in [2.45, 2.75) is 31.0 Å². The van der Waals surface area contributed by atoms with Crippen LogP contribution in [0.25, 0.3) is 0 Å². The van der Waals surface area contributed by atoms with Crippen LogP contribution in [-0.2, 0) is 20.7 Å². The molecule has 1 spiro atoms. The van der Waals surface area contributed by atoms with Crippen LogP contribution in [-0.4, -0.2) is 64.2 Å². The first-order chi connectivity index (χ1) is 14.0. The molecule has 2 aliphatic rings. The quantitative estimate of drug-likeness (QED) is 0.843. The summed E-state index contributed by atoms with van der Waals surface area (Å²) in [5, 5.41) is 9.58. The number of benzene rings is 1. The third kappa shape index (κ3) is 3.63. The van der Waals surface area contributed by atoms with Crippen molar-refractivity contribution in [3.8, 4) is 0 Å². The van der Waals surface area contributed by atoms with E-state index in [1.165, 1.54) is 17.2 Å². The van der Waals surface area contributed by atoms with Gasteiger partial charge >= 0.3 is 5.97 Å². The summed E-state index contributed by atoms with van der Waals surface area (Å²) in [6.07, 6.45) is 2.38. The Bertz CT molecular complexity index is 887. The Morgan fingerprint density at radius 1 is 1.07 bits per heavy atom. The lowest BCUT2D eigenvalue weighted by molar-refractivity contribution is -0.147. The summed E-state index contributed by atoms with van der Waals surface area (Å²) in [4.78, 5) is 40.3. The molecule has 1 aromatic heterocycles. The van der Waals surface area contributed by atoms with Crippen molar-refractivity contribution in [1.82, 2.24) is 9.80 Å². The average molecular weight is 398 g/mol. The van der Waals surface area contributed by atoms with E-state index in [1.54, 1.807) is 11.0 Å². The lowest BCUT2D eigenvalue weighted by Gasteiger charge is -2.44. The van der Waals surface area contributed by atoms with Gasteiger partial charge in [-0.05, 0) is 17.7 Å². The Morgan fingerprint density at radius 2 is 1.79 bits per heavy atom. The van der Waals surface area contributed by atoms with Crippen LogP contribution in [0.15, 0.2) is 53.1 Å². The van der Waals surface area contributed by atoms with Crippen molar-refractivity contribution in [2.24, 2.45) is 0 Å². The standard InChI is InChI=1S/C21H22N2O6/c24-18(13-15-5-2-1-3-6-15)22-10-8-21(9-11-22)23(16(14-29-21)20(26)27)19(25)17-7-4-12-28-17/h1-7,12,16H,8-11,13-14H2,(H,26,27)/t16-/m0/s1. The maximum Gasteiger partial charge on any atom is 0.328 e. The van der Waals surface area contributed by atoms with Gasteiger partial charge in [0.1, 0.15) is 5.72 Å². The number of amides is 2. The van der Waals surface area contributed by atoms with Crippen LogP contribution in [0.5, 0.6) is 0 Å². The number of likely N-dealkylation sites (tertiary alicyclic amines) is 1. The van der Waals surface area contributed by atoms with Crippen LogP contribution in [0.2, 0.25) is 0 Å².